The number of para-hydroxylation sites is 1. The van der Waals surface area contributed by atoms with Crippen LogP contribution in [0.15, 0.2) is 54.9 Å². The number of hydrogen-bond donors (Lipinski definition) is 2. The Morgan fingerprint density at radius 1 is 1.00 bits per heavy atom. The van der Waals surface area contributed by atoms with Gasteiger partial charge in [-0.1, -0.05) is 31.5 Å². The number of carbonyl (C=O) groups is 2. The summed E-state index contributed by atoms with van der Waals surface area (Å²) in [5.74, 6) is 2.03. The molecule has 4 heterocycles. The predicted octanol–water partition coefficient (Wildman–Crippen LogP) is 5.83. The van der Waals surface area contributed by atoms with Gasteiger partial charge in [0.2, 0.25) is 11.9 Å². The zero-order chi connectivity index (χ0) is 31.5. The Bertz CT molecular complexity index is 1700. The molecule has 2 aliphatic rings. The van der Waals surface area contributed by atoms with E-state index >= 15 is 0 Å². The number of methoxy groups -OCH3 is 1. The van der Waals surface area contributed by atoms with Crippen molar-refractivity contribution in [3.8, 4) is 11.6 Å². The van der Waals surface area contributed by atoms with Gasteiger partial charge in [0.25, 0.3) is 5.91 Å². The van der Waals surface area contributed by atoms with E-state index in [2.05, 4.69) is 33.5 Å². The third-order valence-electron chi connectivity index (χ3n) is 8.83. The summed E-state index contributed by atoms with van der Waals surface area (Å²) >= 11 is 0. The zero-order valence-electron chi connectivity index (χ0n) is 26.5. The highest BCUT2D eigenvalue weighted by atomic mass is 16.5. The second kappa shape index (κ2) is 13.0. The Morgan fingerprint density at radius 2 is 1.78 bits per heavy atom. The van der Waals surface area contributed by atoms with Gasteiger partial charge in [-0.3, -0.25) is 9.59 Å². The number of nitrogens with zero attached hydrogens (tertiary/aromatic N) is 5. The number of fused-ring (bicyclic) bond motifs is 3. The highest BCUT2D eigenvalue weighted by molar-refractivity contribution is 6.06. The smallest absolute Gasteiger partial charge is 0.257 e. The Morgan fingerprint density at radius 3 is 2.51 bits per heavy atom. The third kappa shape index (κ3) is 6.22. The first-order chi connectivity index (χ1) is 21.9. The predicted molar refractivity (Wildman–Crippen MR) is 177 cm³/mol. The zero-order valence-corrected chi connectivity index (χ0v) is 26.5. The van der Waals surface area contributed by atoms with Crippen molar-refractivity contribution in [1.82, 2.24) is 19.4 Å². The monoisotopic (exact) mass is 607 g/mol. The van der Waals surface area contributed by atoms with Gasteiger partial charge in [0.15, 0.2) is 0 Å². The summed E-state index contributed by atoms with van der Waals surface area (Å²) < 4.78 is 7.76. The van der Waals surface area contributed by atoms with E-state index in [4.69, 9.17) is 9.72 Å². The molecule has 2 aromatic carbocycles. The fourth-order valence-corrected chi connectivity index (χ4v) is 6.21. The van der Waals surface area contributed by atoms with Gasteiger partial charge in [-0.2, -0.15) is 4.98 Å². The van der Waals surface area contributed by atoms with Crippen LogP contribution in [0, 0.1) is 13.8 Å². The van der Waals surface area contributed by atoms with Crippen LogP contribution in [0.5, 0.6) is 5.75 Å². The molecule has 2 aromatic heterocycles. The van der Waals surface area contributed by atoms with E-state index in [9.17, 15) is 9.59 Å². The first-order valence-electron chi connectivity index (χ1n) is 15.8. The molecule has 10 heteroatoms. The normalized spacial score (nSPS) is 14.0. The third-order valence-corrected chi connectivity index (χ3v) is 8.83. The number of anilines is 4. The van der Waals surface area contributed by atoms with Gasteiger partial charge in [-0.15, -0.1) is 0 Å². The largest absolute Gasteiger partial charge is 0.494 e. The molecule has 1 saturated heterocycles. The molecule has 6 rings (SSSR count). The van der Waals surface area contributed by atoms with Crippen molar-refractivity contribution in [1.29, 1.82) is 0 Å². The Balaban J connectivity index is 1.17. The number of nitrogens with one attached hydrogen (secondary N) is 2. The number of piperazine rings is 1. The van der Waals surface area contributed by atoms with Gasteiger partial charge in [0.1, 0.15) is 11.6 Å². The van der Waals surface area contributed by atoms with Gasteiger partial charge in [-0.25, -0.2) is 4.98 Å². The van der Waals surface area contributed by atoms with Crippen LogP contribution in [0.1, 0.15) is 58.9 Å². The molecule has 4 aromatic rings. The minimum Gasteiger partial charge on any atom is -0.494 e. The number of benzene rings is 2. The summed E-state index contributed by atoms with van der Waals surface area (Å²) in [7, 11) is 1.65. The summed E-state index contributed by atoms with van der Waals surface area (Å²) in [6.45, 7) is 9.13. The molecule has 2 amide bonds. The molecule has 234 valence electrons. The molecule has 45 heavy (non-hydrogen) atoms. The minimum atomic E-state index is -0.119. The highest BCUT2D eigenvalue weighted by Gasteiger charge is 2.25. The van der Waals surface area contributed by atoms with Gasteiger partial charge in [0.05, 0.1) is 18.4 Å². The number of hydrogen-bond acceptors (Lipinski definition) is 7. The molecule has 0 spiro atoms. The summed E-state index contributed by atoms with van der Waals surface area (Å²) in [5, 5.41) is 6.46. The summed E-state index contributed by atoms with van der Waals surface area (Å²) in [6, 6.07) is 13.9. The average Bonchev–Trinajstić information content (AvgIpc) is 3.50. The summed E-state index contributed by atoms with van der Waals surface area (Å²) in [4.78, 5) is 39.5. The van der Waals surface area contributed by atoms with Crippen LogP contribution >= 0.6 is 0 Å². The van der Waals surface area contributed by atoms with Crippen molar-refractivity contribution in [2.24, 2.45) is 0 Å². The van der Waals surface area contributed by atoms with E-state index in [0.29, 0.717) is 23.7 Å². The lowest BCUT2D eigenvalue weighted by Crippen LogP contribution is -2.48. The lowest BCUT2D eigenvalue weighted by molar-refractivity contribution is -0.131. The van der Waals surface area contributed by atoms with Crippen LogP contribution in [0.4, 0.5) is 23.0 Å². The molecule has 1 fully saturated rings. The van der Waals surface area contributed by atoms with Crippen LogP contribution in [-0.4, -0.2) is 64.5 Å². The van der Waals surface area contributed by atoms with Crippen molar-refractivity contribution in [3.05, 3.63) is 82.8 Å². The van der Waals surface area contributed by atoms with Crippen LogP contribution in [0.2, 0.25) is 0 Å². The molecular weight excluding hydrogens is 566 g/mol. The Labute approximate surface area is 264 Å². The van der Waals surface area contributed by atoms with E-state index < -0.39 is 0 Å². The van der Waals surface area contributed by atoms with Gasteiger partial charge < -0.3 is 29.7 Å². The quantitative estimate of drug-likeness (QED) is 0.247. The molecule has 0 bridgehead atoms. The van der Waals surface area contributed by atoms with Crippen LogP contribution < -0.4 is 20.3 Å². The van der Waals surface area contributed by atoms with E-state index in [1.807, 2.05) is 72.1 Å². The molecule has 0 aliphatic carbocycles. The lowest BCUT2D eigenvalue weighted by Gasteiger charge is -2.36. The number of carbonyl (C=O) groups excluding carboxylic acids is 2. The van der Waals surface area contributed by atoms with E-state index in [-0.39, 0.29) is 11.8 Å². The number of ether oxygens (including phenoxy) is 1. The molecule has 0 saturated carbocycles. The van der Waals surface area contributed by atoms with Crippen LogP contribution in [0.3, 0.4) is 0 Å². The maximum absolute atomic E-state index is 13.4. The first kappa shape index (κ1) is 30.2. The van der Waals surface area contributed by atoms with Crippen molar-refractivity contribution in [2.45, 2.75) is 52.9 Å². The number of unbranched alkanes of at least 4 members (excludes halogenated alkanes) is 1. The van der Waals surface area contributed by atoms with Gasteiger partial charge in [-0.05, 0) is 62.4 Å². The Hall–Kier alpha value is -4.86. The number of aryl methyl sites for hydroxylation is 3. The van der Waals surface area contributed by atoms with Gasteiger partial charge in [0, 0.05) is 73.7 Å². The van der Waals surface area contributed by atoms with Gasteiger partial charge >= 0.3 is 0 Å². The SMILES string of the molecule is CCCCC(=O)N1CCN(c2ccc(Nc3ncc4c(n3)-n3ccc(C(=O)Nc5c(C)cccc5C)c3CC4)c(OC)c2)CC1. The average molecular weight is 608 g/mol. The molecule has 0 radical (unpaired) electrons. The van der Waals surface area contributed by atoms with E-state index in [1.54, 1.807) is 7.11 Å². The molecule has 2 N–H and O–H groups in total. The number of rotatable bonds is 9. The van der Waals surface area contributed by atoms with E-state index in [1.165, 1.54) is 0 Å². The first-order valence-corrected chi connectivity index (χ1v) is 15.8. The highest BCUT2D eigenvalue weighted by Crippen LogP contribution is 2.33. The molecule has 0 unspecified atom stereocenters. The fourth-order valence-electron chi connectivity index (χ4n) is 6.21. The number of amides is 2. The number of aromatic nitrogens is 3. The molecule has 2 aliphatic heterocycles. The lowest BCUT2D eigenvalue weighted by atomic mass is 10.0. The van der Waals surface area contributed by atoms with Crippen LogP contribution in [-0.2, 0) is 17.6 Å². The van der Waals surface area contributed by atoms with Crippen LogP contribution in [0.25, 0.3) is 5.82 Å². The summed E-state index contributed by atoms with van der Waals surface area (Å²) in [6.07, 6.45) is 7.84. The molecular formula is C35H41N7O3. The fraction of sp³-hybridized carbons (Fsp3) is 0.371. The van der Waals surface area contributed by atoms with Crippen molar-refractivity contribution in [2.75, 3.05) is 48.8 Å². The van der Waals surface area contributed by atoms with Crippen molar-refractivity contribution < 1.29 is 14.3 Å². The maximum atomic E-state index is 13.4. The molecule has 0 atom stereocenters. The summed E-state index contributed by atoms with van der Waals surface area (Å²) in [5.41, 5.74) is 7.34. The second-order valence-corrected chi connectivity index (χ2v) is 11.8. The second-order valence-electron chi connectivity index (χ2n) is 11.8. The van der Waals surface area contributed by atoms with Crippen molar-refractivity contribution in [3.63, 3.8) is 0 Å². The topological polar surface area (TPSA) is 105 Å². The maximum Gasteiger partial charge on any atom is 0.257 e. The molecule has 10 nitrogen and oxygen atoms in total. The minimum absolute atomic E-state index is 0.119. The Kier molecular flexibility index (Phi) is 8.73. The standard InChI is InChI=1S/C35H41N7O3/c1-5-6-10-31(43)41-19-17-40(18-20-41)26-12-13-28(30(21-26)45-4)37-35-36-22-25-11-14-29-27(15-16-42(29)33(25)39-35)34(44)38-32-23(2)8-7-9-24(32)3/h7-9,12-13,15-16,21-22H,5-6,10-11,14,17-20H2,1-4H3,(H,38,44)(H,36,37,39). The van der Waals surface area contributed by atoms with Crippen molar-refractivity contribution >= 4 is 34.8 Å². The van der Waals surface area contributed by atoms with E-state index in [0.717, 1.165) is 97.1 Å².